The van der Waals surface area contributed by atoms with Crippen LogP contribution < -0.4 is 14.8 Å². The van der Waals surface area contributed by atoms with Crippen LogP contribution in [0, 0.1) is 5.92 Å². The Labute approximate surface area is 126 Å². The van der Waals surface area contributed by atoms with Crippen LogP contribution in [-0.4, -0.2) is 19.8 Å². The number of benzene rings is 1. The van der Waals surface area contributed by atoms with Crippen LogP contribution in [0.5, 0.6) is 11.5 Å². The lowest BCUT2D eigenvalue weighted by Gasteiger charge is -2.25. The minimum Gasteiger partial charge on any atom is -0.486 e. The quantitative estimate of drug-likeness (QED) is 0.853. The Morgan fingerprint density at radius 2 is 1.85 bits per heavy atom. The average molecular weight is 298 g/mol. The van der Waals surface area contributed by atoms with E-state index < -0.39 is 0 Å². The molecule has 1 aromatic carbocycles. The van der Waals surface area contributed by atoms with Gasteiger partial charge in [0.15, 0.2) is 11.5 Å². The summed E-state index contributed by atoms with van der Waals surface area (Å²) in [6, 6.07) is 4.18. The molecule has 0 fully saturated rings. The molecule has 1 aliphatic heterocycles. The van der Waals surface area contributed by atoms with E-state index in [0.717, 1.165) is 35.1 Å². The van der Waals surface area contributed by atoms with Gasteiger partial charge in [0.25, 0.3) is 0 Å². The lowest BCUT2D eigenvalue weighted by molar-refractivity contribution is 0.171. The zero-order valence-corrected chi connectivity index (χ0v) is 13.3. The smallest absolute Gasteiger partial charge is 0.162 e. The van der Waals surface area contributed by atoms with Crippen molar-refractivity contribution < 1.29 is 9.47 Å². The Morgan fingerprint density at radius 1 is 1.20 bits per heavy atom. The predicted molar refractivity (Wildman–Crippen MR) is 82.9 cm³/mol. The topological polar surface area (TPSA) is 30.5 Å². The fourth-order valence-electron chi connectivity index (χ4n) is 2.48. The summed E-state index contributed by atoms with van der Waals surface area (Å²) in [6.07, 6.45) is 2.24. The van der Waals surface area contributed by atoms with Crippen LogP contribution in [0.3, 0.4) is 0 Å². The average Bonchev–Trinajstić information content (AvgIpc) is 2.46. The molecule has 4 heteroatoms. The van der Waals surface area contributed by atoms with E-state index in [1.54, 1.807) is 0 Å². The molecule has 0 radical (unpaired) electrons. The highest BCUT2D eigenvalue weighted by Gasteiger charge is 2.21. The van der Waals surface area contributed by atoms with E-state index in [4.69, 9.17) is 21.1 Å². The number of hydrogen-bond donors (Lipinski definition) is 1. The molecular weight excluding hydrogens is 274 g/mol. The standard InChI is InChI=1S/C16H24ClNO2/c1-4-11(3)8-14(18-5-2)12-9-15-16(10-13(12)17)20-7-6-19-15/h9-11,14,18H,4-8H2,1-3H3. The van der Waals surface area contributed by atoms with Gasteiger partial charge in [0.1, 0.15) is 13.2 Å². The van der Waals surface area contributed by atoms with Crippen molar-refractivity contribution in [3.63, 3.8) is 0 Å². The van der Waals surface area contributed by atoms with Crippen LogP contribution in [-0.2, 0) is 0 Å². The zero-order valence-electron chi connectivity index (χ0n) is 12.5. The molecule has 3 nitrogen and oxygen atoms in total. The minimum absolute atomic E-state index is 0.262. The summed E-state index contributed by atoms with van der Waals surface area (Å²) in [5.41, 5.74) is 1.11. The highest BCUT2D eigenvalue weighted by Crippen LogP contribution is 2.39. The van der Waals surface area contributed by atoms with Gasteiger partial charge in [-0.2, -0.15) is 0 Å². The number of nitrogens with one attached hydrogen (secondary N) is 1. The number of hydrogen-bond acceptors (Lipinski definition) is 3. The van der Waals surface area contributed by atoms with Crippen molar-refractivity contribution in [2.24, 2.45) is 5.92 Å². The third-order valence-corrected chi connectivity index (χ3v) is 4.15. The van der Waals surface area contributed by atoms with Gasteiger partial charge in [0.05, 0.1) is 0 Å². The predicted octanol–water partition coefficient (Wildman–Crippen LogP) is 4.20. The van der Waals surface area contributed by atoms with Crippen molar-refractivity contribution in [3.8, 4) is 11.5 Å². The summed E-state index contributed by atoms with van der Waals surface area (Å²) in [6.45, 7) is 8.73. The normalized spacial score (nSPS) is 16.8. The fraction of sp³-hybridized carbons (Fsp3) is 0.625. The summed E-state index contributed by atoms with van der Waals surface area (Å²) >= 11 is 6.44. The largest absolute Gasteiger partial charge is 0.486 e. The molecule has 0 aliphatic carbocycles. The molecule has 2 atom stereocenters. The molecule has 0 spiro atoms. The molecule has 0 saturated heterocycles. The highest BCUT2D eigenvalue weighted by atomic mass is 35.5. The minimum atomic E-state index is 0.262. The van der Waals surface area contributed by atoms with E-state index in [0.29, 0.717) is 19.1 Å². The van der Waals surface area contributed by atoms with E-state index >= 15 is 0 Å². The Kier molecular flexibility index (Phi) is 5.55. The van der Waals surface area contributed by atoms with Crippen molar-refractivity contribution >= 4 is 11.6 Å². The lowest BCUT2D eigenvalue weighted by Crippen LogP contribution is -2.24. The second-order valence-corrected chi connectivity index (χ2v) is 5.78. The summed E-state index contributed by atoms with van der Waals surface area (Å²) in [4.78, 5) is 0. The lowest BCUT2D eigenvalue weighted by atomic mass is 9.94. The number of halogens is 1. The third kappa shape index (κ3) is 3.58. The third-order valence-electron chi connectivity index (χ3n) is 3.82. The maximum Gasteiger partial charge on any atom is 0.162 e. The Hall–Kier alpha value is -0.930. The van der Waals surface area contributed by atoms with Crippen molar-refractivity contribution in [1.82, 2.24) is 5.32 Å². The fourth-order valence-corrected chi connectivity index (χ4v) is 2.77. The molecule has 2 unspecified atom stereocenters. The van der Waals surface area contributed by atoms with Crippen molar-refractivity contribution in [2.75, 3.05) is 19.8 Å². The van der Waals surface area contributed by atoms with Crippen LogP contribution in [0.15, 0.2) is 12.1 Å². The molecule has 1 heterocycles. The molecule has 0 saturated carbocycles. The van der Waals surface area contributed by atoms with Gasteiger partial charge in [0.2, 0.25) is 0 Å². The Bertz CT molecular complexity index is 450. The first-order valence-corrected chi connectivity index (χ1v) is 7.85. The molecule has 1 aliphatic rings. The number of ether oxygens (including phenoxy) is 2. The van der Waals surface area contributed by atoms with E-state index in [1.807, 2.05) is 12.1 Å². The van der Waals surface area contributed by atoms with Gasteiger partial charge >= 0.3 is 0 Å². The van der Waals surface area contributed by atoms with Crippen LogP contribution in [0.4, 0.5) is 0 Å². The van der Waals surface area contributed by atoms with Gasteiger partial charge in [-0.15, -0.1) is 0 Å². The summed E-state index contributed by atoms with van der Waals surface area (Å²) in [7, 11) is 0. The molecule has 0 amide bonds. The second kappa shape index (κ2) is 7.19. The van der Waals surface area contributed by atoms with Gasteiger partial charge in [-0.25, -0.2) is 0 Å². The van der Waals surface area contributed by atoms with E-state index in [9.17, 15) is 0 Å². The molecule has 2 rings (SSSR count). The van der Waals surface area contributed by atoms with E-state index in [1.165, 1.54) is 6.42 Å². The molecule has 20 heavy (non-hydrogen) atoms. The van der Waals surface area contributed by atoms with Crippen LogP contribution in [0.25, 0.3) is 0 Å². The summed E-state index contributed by atoms with van der Waals surface area (Å²) in [5, 5.41) is 4.28. The van der Waals surface area contributed by atoms with Crippen LogP contribution in [0.1, 0.15) is 45.2 Å². The first kappa shape index (κ1) is 15.5. The summed E-state index contributed by atoms with van der Waals surface area (Å²) < 4.78 is 11.2. The Morgan fingerprint density at radius 3 is 2.45 bits per heavy atom. The number of rotatable bonds is 6. The molecule has 0 aromatic heterocycles. The second-order valence-electron chi connectivity index (χ2n) is 5.38. The maximum atomic E-state index is 6.44. The van der Waals surface area contributed by atoms with Gasteiger partial charge in [-0.1, -0.05) is 38.8 Å². The molecular formula is C16H24ClNO2. The van der Waals surface area contributed by atoms with Gasteiger partial charge in [-0.3, -0.25) is 0 Å². The van der Waals surface area contributed by atoms with Crippen molar-refractivity contribution in [2.45, 2.75) is 39.7 Å². The highest BCUT2D eigenvalue weighted by molar-refractivity contribution is 6.31. The maximum absolute atomic E-state index is 6.44. The number of fused-ring (bicyclic) bond motifs is 1. The van der Waals surface area contributed by atoms with Gasteiger partial charge in [0, 0.05) is 17.1 Å². The molecule has 1 N–H and O–H groups in total. The Balaban J connectivity index is 2.27. The zero-order chi connectivity index (χ0) is 14.5. The summed E-state index contributed by atoms with van der Waals surface area (Å²) in [5.74, 6) is 2.22. The molecule has 0 bridgehead atoms. The van der Waals surface area contributed by atoms with Crippen molar-refractivity contribution in [1.29, 1.82) is 0 Å². The first-order chi connectivity index (χ1) is 9.65. The van der Waals surface area contributed by atoms with Gasteiger partial charge in [-0.05, 0) is 30.5 Å². The monoisotopic (exact) mass is 297 g/mol. The van der Waals surface area contributed by atoms with Crippen molar-refractivity contribution in [3.05, 3.63) is 22.7 Å². The SMILES string of the molecule is CCNC(CC(C)CC)c1cc2c(cc1Cl)OCCO2. The van der Waals surface area contributed by atoms with E-state index in [-0.39, 0.29) is 6.04 Å². The van der Waals surface area contributed by atoms with Crippen LogP contribution >= 0.6 is 11.6 Å². The van der Waals surface area contributed by atoms with Gasteiger partial charge < -0.3 is 14.8 Å². The molecule has 1 aromatic rings. The van der Waals surface area contributed by atoms with Crippen LogP contribution in [0.2, 0.25) is 5.02 Å². The van der Waals surface area contributed by atoms with E-state index in [2.05, 4.69) is 26.1 Å². The molecule has 112 valence electrons. The first-order valence-electron chi connectivity index (χ1n) is 7.48.